The first-order valence-electron chi connectivity index (χ1n) is 4.84. The van der Waals surface area contributed by atoms with Crippen molar-refractivity contribution in [2.24, 2.45) is 0 Å². The van der Waals surface area contributed by atoms with Gasteiger partial charge in [-0.25, -0.2) is 0 Å². The van der Waals surface area contributed by atoms with E-state index < -0.39 is 0 Å². The highest BCUT2D eigenvalue weighted by Crippen LogP contribution is 2.34. The fraction of sp³-hybridized carbons (Fsp3) is 0.455. The van der Waals surface area contributed by atoms with E-state index in [0.29, 0.717) is 10.8 Å². The number of halogens is 1. The minimum absolute atomic E-state index is 0.653. The molecule has 0 atom stereocenters. The van der Waals surface area contributed by atoms with E-state index in [4.69, 9.17) is 21.1 Å². The number of hydrogen-bond acceptors (Lipinski definition) is 3. The monoisotopic (exact) mass is 229 g/mol. The molecule has 0 aliphatic rings. The predicted octanol–water partition coefficient (Wildman–Crippen LogP) is 2.47. The molecule has 4 heteroatoms. The molecule has 84 valence electrons. The van der Waals surface area contributed by atoms with Crippen LogP contribution in [-0.2, 0) is 6.54 Å². The average molecular weight is 230 g/mol. The maximum atomic E-state index is 5.97. The Labute approximate surface area is 95.3 Å². The van der Waals surface area contributed by atoms with E-state index in [9.17, 15) is 0 Å². The van der Waals surface area contributed by atoms with Gasteiger partial charge in [-0.2, -0.15) is 0 Å². The summed E-state index contributed by atoms with van der Waals surface area (Å²) in [6, 6.07) is 3.63. The summed E-state index contributed by atoms with van der Waals surface area (Å²) in [5.41, 5.74) is 1.00. The molecule has 0 saturated carbocycles. The van der Waals surface area contributed by atoms with Crippen molar-refractivity contribution in [3.8, 4) is 11.5 Å². The van der Waals surface area contributed by atoms with E-state index in [1.54, 1.807) is 20.3 Å². The van der Waals surface area contributed by atoms with Crippen LogP contribution in [0.3, 0.4) is 0 Å². The van der Waals surface area contributed by atoms with E-state index in [2.05, 4.69) is 5.32 Å². The smallest absolute Gasteiger partial charge is 0.165 e. The van der Waals surface area contributed by atoms with Crippen molar-refractivity contribution in [2.75, 3.05) is 20.8 Å². The number of methoxy groups -OCH3 is 2. The second-order valence-electron chi connectivity index (χ2n) is 3.08. The lowest BCUT2D eigenvalue weighted by Gasteiger charge is -2.13. The number of nitrogens with one attached hydrogen (secondary N) is 1. The quantitative estimate of drug-likeness (QED) is 0.842. The Bertz CT molecular complexity index is 329. The van der Waals surface area contributed by atoms with E-state index in [1.165, 1.54) is 0 Å². The van der Waals surface area contributed by atoms with Crippen LogP contribution in [0.1, 0.15) is 12.5 Å². The van der Waals surface area contributed by atoms with Crippen LogP contribution in [-0.4, -0.2) is 20.8 Å². The highest BCUT2D eigenvalue weighted by molar-refractivity contribution is 6.30. The summed E-state index contributed by atoms with van der Waals surface area (Å²) in [6.07, 6.45) is 0. The molecule has 0 bridgehead atoms. The van der Waals surface area contributed by atoms with Crippen LogP contribution in [0.5, 0.6) is 11.5 Å². The minimum Gasteiger partial charge on any atom is -0.493 e. The van der Waals surface area contributed by atoms with E-state index in [-0.39, 0.29) is 0 Å². The van der Waals surface area contributed by atoms with Gasteiger partial charge in [0.25, 0.3) is 0 Å². The fourth-order valence-electron chi connectivity index (χ4n) is 1.40. The van der Waals surface area contributed by atoms with Gasteiger partial charge in [-0.3, -0.25) is 0 Å². The van der Waals surface area contributed by atoms with Gasteiger partial charge in [0.2, 0.25) is 0 Å². The Morgan fingerprint density at radius 3 is 2.53 bits per heavy atom. The third-order valence-electron chi connectivity index (χ3n) is 2.09. The lowest BCUT2D eigenvalue weighted by Crippen LogP contribution is -2.12. The summed E-state index contributed by atoms with van der Waals surface area (Å²) in [7, 11) is 3.23. The number of ether oxygens (including phenoxy) is 2. The summed E-state index contributed by atoms with van der Waals surface area (Å²) in [6.45, 7) is 3.67. The summed E-state index contributed by atoms with van der Waals surface area (Å²) in [5, 5.41) is 3.88. The second kappa shape index (κ2) is 5.83. The second-order valence-corrected chi connectivity index (χ2v) is 3.52. The first-order chi connectivity index (χ1) is 7.22. The van der Waals surface area contributed by atoms with Gasteiger partial charge in [0, 0.05) is 23.2 Å². The molecule has 0 aliphatic carbocycles. The van der Waals surface area contributed by atoms with Gasteiger partial charge in [0.15, 0.2) is 11.5 Å². The van der Waals surface area contributed by atoms with Gasteiger partial charge in [-0.1, -0.05) is 18.5 Å². The van der Waals surface area contributed by atoms with Crippen LogP contribution in [0, 0.1) is 0 Å². The normalized spacial score (nSPS) is 10.1. The van der Waals surface area contributed by atoms with E-state index in [0.717, 1.165) is 24.4 Å². The first-order valence-corrected chi connectivity index (χ1v) is 5.21. The van der Waals surface area contributed by atoms with Crippen LogP contribution in [0.4, 0.5) is 0 Å². The van der Waals surface area contributed by atoms with Crippen molar-refractivity contribution in [3.05, 3.63) is 22.7 Å². The Hall–Kier alpha value is -0.930. The zero-order chi connectivity index (χ0) is 11.3. The van der Waals surface area contributed by atoms with Gasteiger partial charge >= 0.3 is 0 Å². The molecule has 0 radical (unpaired) electrons. The first kappa shape index (κ1) is 12.1. The van der Waals surface area contributed by atoms with Crippen molar-refractivity contribution >= 4 is 11.6 Å². The average Bonchev–Trinajstić information content (AvgIpc) is 2.25. The van der Waals surface area contributed by atoms with Crippen molar-refractivity contribution in [1.82, 2.24) is 5.32 Å². The molecule has 1 rings (SSSR count). The Morgan fingerprint density at radius 2 is 2.00 bits per heavy atom. The topological polar surface area (TPSA) is 30.5 Å². The number of rotatable bonds is 5. The highest BCUT2D eigenvalue weighted by atomic mass is 35.5. The lowest BCUT2D eigenvalue weighted by atomic mass is 10.2. The molecule has 0 spiro atoms. The third-order valence-corrected chi connectivity index (χ3v) is 2.30. The molecule has 0 unspecified atom stereocenters. The summed E-state index contributed by atoms with van der Waals surface area (Å²) >= 11 is 5.97. The predicted molar refractivity (Wildman–Crippen MR) is 61.9 cm³/mol. The van der Waals surface area contributed by atoms with Crippen molar-refractivity contribution in [2.45, 2.75) is 13.5 Å². The molecule has 0 heterocycles. The molecule has 1 N–H and O–H groups in total. The summed E-state index contributed by atoms with van der Waals surface area (Å²) in [4.78, 5) is 0. The number of hydrogen-bond donors (Lipinski definition) is 1. The van der Waals surface area contributed by atoms with Crippen LogP contribution < -0.4 is 14.8 Å². The van der Waals surface area contributed by atoms with Crippen LogP contribution in [0.15, 0.2) is 12.1 Å². The molecule has 1 aromatic carbocycles. The summed E-state index contributed by atoms with van der Waals surface area (Å²) in [5.74, 6) is 1.40. The zero-order valence-electron chi connectivity index (χ0n) is 9.26. The maximum absolute atomic E-state index is 5.97. The maximum Gasteiger partial charge on any atom is 0.165 e. The van der Waals surface area contributed by atoms with Crippen LogP contribution in [0.25, 0.3) is 0 Å². The molecule has 0 aliphatic heterocycles. The SMILES string of the molecule is CCNCc1cc(Cl)cc(OC)c1OC. The molecular weight excluding hydrogens is 214 g/mol. The van der Waals surface area contributed by atoms with Crippen LogP contribution >= 0.6 is 11.6 Å². The molecule has 0 fully saturated rings. The van der Waals surface area contributed by atoms with Gasteiger partial charge in [0.1, 0.15) is 0 Å². The lowest BCUT2D eigenvalue weighted by molar-refractivity contribution is 0.351. The Balaban J connectivity index is 3.05. The minimum atomic E-state index is 0.653. The largest absolute Gasteiger partial charge is 0.493 e. The van der Waals surface area contributed by atoms with Crippen LogP contribution in [0.2, 0.25) is 5.02 Å². The molecule has 0 aromatic heterocycles. The number of benzene rings is 1. The highest BCUT2D eigenvalue weighted by Gasteiger charge is 2.10. The van der Waals surface area contributed by atoms with Gasteiger partial charge in [0.05, 0.1) is 14.2 Å². The Kier molecular flexibility index (Phi) is 4.72. The van der Waals surface area contributed by atoms with Crippen molar-refractivity contribution in [3.63, 3.8) is 0 Å². The molecule has 0 saturated heterocycles. The van der Waals surface area contributed by atoms with E-state index >= 15 is 0 Å². The van der Waals surface area contributed by atoms with Crippen molar-refractivity contribution in [1.29, 1.82) is 0 Å². The van der Waals surface area contributed by atoms with Gasteiger partial charge in [-0.15, -0.1) is 0 Å². The van der Waals surface area contributed by atoms with E-state index in [1.807, 2.05) is 13.0 Å². The third kappa shape index (κ3) is 3.01. The van der Waals surface area contributed by atoms with Gasteiger partial charge in [-0.05, 0) is 12.6 Å². The molecule has 15 heavy (non-hydrogen) atoms. The fourth-order valence-corrected chi connectivity index (χ4v) is 1.63. The molecular formula is C11H16ClNO2. The van der Waals surface area contributed by atoms with Crippen molar-refractivity contribution < 1.29 is 9.47 Å². The Morgan fingerprint density at radius 1 is 1.27 bits per heavy atom. The van der Waals surface area contributed by atoms with Gasteiger partial charge < -0.3 is 14.8 Å². The standard InChI is InChI=1S/C11H16ClNO2/c1-4-13-7-8-5-9(12)6-10(14-2)11(8)15-3/h5-6,13H,4,7H2,1-3H3. The zero-order valence-corrected chi connectivity index (χ0v) is 10.0. The molecule has 3 nitrogen and oxygen atoms in total. The summed E-state index contributed by atoms with van der Waals surface area (Å²) < 4.78 is 10.5. The molecule has 1 aromatic rings. The molecule has 0 amide bonds.